The van der Waals surface area contributed by atoms with Crippen molar-refractivity contribution in [2.45, 2.75) is 69.2 Å². The quantitative estimate of drug-likeness (QED) is 0.282. The number of nitrogens with one attached hydrogen (secondary N) is 1. The monoisotopic (exact) mass is 635 g/mol. The number of halogens is 4. The van der Waals surface area contributed by atoms with Crippen LogP contribution >= 0.6 is 11.6 Å². The first kappa shape index (κ1) is 32.3. The van der Waals surface area contributed by atoms with Crippen LogP contribution in [0.15, 0.2) is 77.7 Å². The van der Waals surface area contributed by atoms with Gasteiger partial charge in [-0.15, -0.1) is 0 Å². The molecule has 3 aromatic rings. The summed E-state index contributed by atoms with van der Waals surface area (Å²) < 4.78 is 69.3. The van der Waals surface area contributed by atoms with Crippen LogP contribution in [0, 0.1) is 6.92 Å². The van der Waals surface area contributed by atoms with E-state index in [1.807, 2.05) is 0 Å². The van der Waals surface area contributed by atoms with E-state index in [9.17, 15) is 31.2 Å². The Balaban J connectivity index is 1.74. The van der Waals surface area contributed by atoms with Crippen LogP contribution in [-0.2, 0) is 32.3 Å². The topological polar surface area (TPSA) is 86.8 Å². The van der Waals surface area contributed by atoms with Gasteiger partial charge >= 0.3 is 6.18 Å². The third-order valence-electron chi connectivity index (χ3n) is 7.52. The molecule has 1 fully saturated rings. The second kappa shape index (κ2) is 13.4. The van der Waals surface area contributed by atoms with Gasteiger partial charge in [0, 0.05) is 17.6 Å². The second-order valence-electron chi connectivity index (χ2n) is 10.7. The normalized spacial score (nSPS) is 14.7. The molecule has 0 heterocycles. The van der Waals surface area contributed by atoms with Crippen LogP contribution in [-0.4, -0.2) is 43.8 Å². The Hall–Kier alpha value is -3.57. The van der Waals surface area contributed by atoms with Crippen molar-refractivity contribution in [1.82, 2.24) is 10.2 Å². The zero-order valence-electron chi connectivity index (χ0n) is 23.8. The maximum absolute atomic E-state index is 14.0. The van der Waals surface area contributed by atoms with Crippen LogP contribution in [0.1, 0.15) is 49.3 Å². The molecule has 1 aliphatic rings. The number of nitrogens with zero attached hydrogens (tertiary/aromatic N) is 2. The molecule has 4 rings (SSSR count). The highest BCUT2D eigenvalue weighted by molar-refractivity contribution is 7.92. The van der Waals surface area contributed by atoms with Crippen molar-refractivity contribution in [3.05, 3.63) is 94.5 Å². The summed E-state index contributed by atoms with van der Waals surface area (Å²) in [5, 5.41) is 3.30. The van der Waals surface area contributed by atoms with Gasteiger partial charge in [0.05, 0.1) is 16.1 Å². The highest BCUT2D eigenvalue weighted by atomic mass is 35.5. The number of aryl methyl sites for hydroxylation is 1. The Morgan fingerprint density at radius 2 is 1.65 bits per heavy atom. The maximum atomic E-state index is 14.0. The number of benzene rings is 3. The summed E-state index contributed by atoms with van der Waals surface area (Å²) in [4.78, 5) is 28.3. The third kappa shape index (κ3) is 7.88. The molecule has 7 nitrogen and oxygen atoms in total. The number of alkyl halides is 3. The first-order valence-electron chi connectivity index (χ1n) is 13.9. The van der Waals surface area contributed by atoms with Crippen molar-refractivity contribution in [1.29, 1.82) is 0 Å². The fraction of sp³-hybridized carbons (Fsp3) is 0.355. The van der Waals surface area contributed by atoms with E-state index in [1.54, 1.807) is 43.3 Å². The molecular weight excluding hydrogens is 603 g/mol. The molecule has 43 heavy (non-hydrogen) atoms. The molecule has 0 saturated heterocycles. The standard InChI is InChI=1S/C31H33ClF3N3O4S/c1-21-14-16-27(17-15-21)43(41,42)38(26-12-7-9-24(18-26)31(33,34)35)20-29(39)37(19-23-8-3-6-13-28(23)32)22(2)30(40)36-25-10-4-5-11-25/h3,6-9,12-18,22,25H,4-5,10-11,19-20H2,1-2H3,(H,36,40)/t22-/m0/s1. The minimum Gasteiger partial charge on any atom is -0.352 e. The maximum Gasteiger partial charge on any atom is 0.416 e. The van der Waals surface area contributed by atoms with Gasteiger partial charge in [-0.25, -0.2) is 8.42 Å². The lowest BCUT2D eigenvalue weighted by atomic mass is 10.1. The van der Waals surface area contributed by atoms with E-state index >= 15 is 0 Å². The molecule has 0 spiro atoms. The summed E-state index contributed by atoms with van der Waals surface area (Å²) in [6, 6.07) is 15.2. The molecule has 0 aromatic heterocycles. The zero-order valence-corrected chi connectivity index (χ0v) is 25.3. The summed E-state index contributed by atoms with van der Waals surface area (Å²) >= 11 is 6.37. The number of sulfonamides is 1. The minimum atomic E-state index is -4.75. The fourth-order valence-corrected chi connectivity index (χ4v) is 6.59. The van der Waals surface area contributed by atoms with Crippen molar-refractivity contribution < 1.29 is 31.2 Å². The Morgan fingerprint density at radius 1 is 1.00 bits per heavy atom. The number of anilines is 1. The van der Waals surface area contributed by atoms with E-state index in [0.717, 1.165) is 43.4 Å². The number of hydrogen-bond acceptors (Lipinski definition) is 4. The summed E-state index contributed by atoms with van der Waals surface area (Å²) in [6.07, 6.45) is -1.17. The van der Waals surface area contributed by atoms with E-state index in [-0.39, 0.29) is 23.2 Å². The van der Waals surface area contributed by atoms with Gasteiger partial charge in [-0.2, -0.15) is 13.2 Å². The van der Waals surface area contributed by atoms with Gasteiger partial charge in [0.2, 0.25) is 11.8 Å². The Kier molecular flexibility index (Phi) is 10.1. The van der Waals surface area contributed by atoms with Crippen LogP contribution in [0.3, 0.4) is 0 Å². The molecule has 0 aliphatic heterocycles. The van der Waals surface area contributed by atoms with Crippen molar-refractivity contribution in [3.63, 3.8) is 0 Å². The first-order chi connectivity index (χ1) is 20.3. The number of amides is 2. The van der Waals surface area contributed by atoms with E-state index in [0.29, 0.717) is 21.0 Å². The zero-order chi connectivity index (χ0) is 31.4. The molecule has 0 unspecified atom stereocenters. The van der Waals surface area contributed by atoms with Gasteiger partial charge in [0.15, 0.2) is 0 Å². The average Bonchev–Trinajstić information content (AvgIpc) is 3.48. The summed E-state index contributed by atoms with van der Waals surface area (Å²) in [5.74, 6) is -1.21. The smallest absolute Gasteiger partial charge is 0.352 e. The number of hydrogen-bond donors (Lipinski definition) is 1. The van der Waals surface area contributed by atoms with E-state index < -0.39 is 46.2 Å². The lowest BCUT2D eigenvalue weighted by Gasteiger charge is -2.32. The van der Waals surface area contributed by atoms with Crippen LogP contribution in [0.25, 0.3) is 0 Å². The van der Waals surface area contributed by atoms with Crippen LogP contribution in [0.2, 0.25) is 5.02 Å². The van der Waals surface area contributed by atoms with Crippen molar-refractivity contribution in [2.24, 2.45) is 0 Å². The predicted molar refractivity (Wildman–Crippen MR) is 159 cm³/mol. The van der Waals surface area contributed by atoms with Crippen molar-refractivity contribution in [3.8, 4) is 0 Å². The van der Waals surface area contributed by atoms with Crippen LogP contribution < -0.4 is 9.62 Å². The van der Waals surface area contributed by atoms with Gasteiger partial charge in [0.1, 0.15) is 12.6 Å². The minimum absolute atomic E-state index is 0.0317. The summed E-state index contributed by atoms with van der Waals surface area (Å²) in [6.45, 7) is 2.30. The average molecular weight is 636 g/mol. The Morgan fingerprint density at radius 3 is 2.28 bits per heavy atom. The molecule has 1 N–H and O–H groups in total. The molecular formula is C31H33ClF3N3O4S. The molecule has 1 atom stereocenters. The van der Waals surface area contributed by atoms with Gasteiger partial charge < -0.3 is 10.2 Å². The van der Waals surface area contributed by atoms with Crippen molar-refractivity contribution >= 4 is 39.1 Å². The molecule has 3 aromatic carbocycles. The molecule has 1 aliphatic carbocycles. The summed E-state index contributed by atoms with van der Waals surface area (Å²) in [5.41, 5.74) is -0.123. The van der Waals surface area contributed by atoms with E-state index in [4.69, 9.17) is 11.6 Å². The number of carbonyl (C=O) groups is 2. The first-order valence-corrected chi connectivity index (χ1v) is 15.7. The van der Waals surface area contributed by atoms with E-state index in [1.165, 1.54) is 30.0 Å². The number of rotatable bonds is 10. The van der Waals surface area contributed by atoms with Gasteiger partial charge in [-0.05, 0) is 68.7 Å². The summed E-state index contributed by atoms with van der Waals surface area (Å²) in [7, 11) is -4.52. The molecule has 1 saturated carbocycles. The Labute approximate surface area is 254 Å². The predicted octanol–water partition coefficient (Wildman–Crippen LogP) is 6.34. The molecule has 12 heteroatoms. The lowest BCUT2D eigenvalue weighted by Crippen LogP contribution is -2.52. The van der Waals surface area contributed by atoms with Gasteiger partial charge in [0.25, 0.3) is 10.0 Å². The van der Waals surface area contributed by atoms with Gasteiger partial charge in [-0.3, -0.25) is 13.9 Å². The van der Waals surface area contributed by atoms with Gasteiger partial charge in [-0.1, -0.05) is 66.4 Å². The molecule has 0 radical (unpaired) electrons. The highest BCUT2D eigenvalue weighted by Gasteiger charge is 2.36. The van der Waals surface area contributed by atoms with Crippen molar-refractivity contribution in [2.75, 3.05) is 10.8 Å². The molecule has 2 amide bonds. The second-order valence-corrected chi connectivity index (χ2v) is 12.9. The Bertz CT molecular complexity index is 1560. The largest absolute Gasteiger partial charge is 0.416 e. The third-order valence-corrected chi connectivity index (χ3v) is 9.67. The SMILES string of the molecule is Cc1ccc(S(=O)(=O)N(CC(=O)N(Cc2ccccc2Cl)[C@@H](C)C(=O)NC2CCCC2)c2cccc(C(F)(F)F)c2)cc1. The molecule has 230 valence electrons. The van der Waals surface area contributed by atoms with Crippen LogP contribution in [0.5, 0.6) is 0 Å². The lowest BCUT2D eigenvalue weighted by molar-refractivity contribution is -0.139. The van der Waals surface area contributed by atoms with Crippen LogP contribution in [0.4, 0.5) is 18.9 Å². The fourth-order valence-electron chi connectivity index (χ4n) is 4.99. The number of carbonyl (C=O) groups excluding carboxylic acids is 2. The molecule has 0 bridgehead atoms. The highest BCUT2D eigenvalue weighted by Crippen LogP contribution is 2.33. The van der Waals surface area contributed by atoms with E-state index in [2.05, 4.69) is 5.32 Å².